The van der Waals surface area contributed by atoms with Gasteiger partial charge in [-0.05, 0) is 48.9 Å². The number of likely N-dealkylation sites (N-methyl/N-ethyl adjacent to an activating group) is 1. The van der Waals surface area contributed by atoms with E-state index in [0.717, 1.165) is 12.8 Å². The second kappa shape index (κ2) is 6.95. The lowest BCUT2D eigenvalue weighted by Crippen LogP contribution is -2.18. The predicted molar refractivity (Wildman–Crippen MR) is 93.3 cm³/mol. The van der Waals surface area contributed by atoms with Crippen molar-refractivity contribution in [1.82, 2.24) is 10.3 Å². The van der Waals surface area contributed by atoms with Crippen molar-refractivity contribution in [2.75, 3.05) is 12.8 Å². The van der Waals surface area contributed by atoms with Crippen LogP contribution >= 0.6 is 23.1 Å². The third kappa shape index (κ3) is 3.50. The molecule has 21 heavy (non-hydrogen) atoms. The fourth-order valence-electron chi connectivity index (χ4n) is 2.68. The summed E-state index contributed by atoms with van der Waals surface area (Å²) in [6, 6.07) is 7.16. The molecule has 2 aromatic heterocycles. The third-order valence-electron chi connectivity index (χ3n) is 4.05. The minimum absolute atomic E-state index is 0.380. The van der Waals surface area contributed by atoms with Gasteiger partial charge in [-0.15, -0.1) is 11.3 Å². The van der Waals surface area contributed by atoms with E-state index < -0.39 is 0 Å². The van der Waals surface area contributed by atoms with E-state index in [-0.39, 0.29) is 0 Å². The third-order valence-corrected chi connectivity index (χ3v) is 6.40. The Labute approximate surface area is 135 Å². The van der Waals surface area contributed by atoms with Crippen molar-refractivity contribution in [3.05, 3.63) is 51.0 Å². The number of aromatic nitrogens is 1. The summed E-state index contributed by atoms with van der Waals surface area (Å²) in [4.78, 5) is 7.67. The second-order valence-electron chi connectivity index (χ2n) is 5.46. The van der Waals surface area contributed by atoms with E-state index in [0.29, 0.717) is 6.04 Å². The Bertz CT molecular complexity index is 566. The second-order valence-corrected chi connectivity index (χ2v) is 7.73. The van der Waals surface area contributed by atoms with Crippen LogP contribution in [0.4, 0.5) is 0 Å². The smallest absolute Gasteiger partial charge is 0.0468 e. The van der Waals surface area contributed by atoms with Gasteiger partial charge in [0.25, 0.3) is 0 Å². The molecule has 2 aromatic rings. The van der Waals surface area contributed by atoms with Gasteiger partial charge in [0.2, 0.25) is 0 Å². The van der Waals surface area contributed by atoms with Crippen LogP contribution in [0.15, 0.2) is 24.4 Å². The first kappa shape index (κ1) is 15.1. The van der Waals surface area contributed by atoms with Crippen LogP contribution in [0.5, 0.6) is 0 Å². The number of hydrogen-bond acceptors (Lipinski definition) is 4. The molecule has 112 valence electrons. The van der Waals surface area contributed by atoms with Crippen LogP contribution in [0.1, 0.15) is 39.5 Å². The van der Waals surface area contributed by atoms with Crippen LogP contribution in [-0.4, -0.2) is 17.8 Å². The number of pyridine rings is 1. The van der Waals surface area contributed by atoms with Crippen molar-refractivity contribution in [2.45, 2.75) is 38.0 Å². The van der Waals surface area contributed by atoms with Crippen molar-refractivity contribution < 1.29 is 0 Å². The van der Waals surface area contributed by atoms with E-state index in [9.17, 15) is 0 Å². The maximum Gasteiger partial charge on any atom is 0.0468 e. The van der Waals surface area contributed by atoms with E-state index in [1.54, 1.807) is 10.4 Å². The van der Waals surface area contributed by atoms with Gasteiger partial charge in [-0.2, -0.15) is 11.8 Å². The number of thiophene rings is 1. The SMILES string of the molecule is CCc1ccc(CC(NC)c2cc3c(s2)CCSC3)nc1. The summed E-state index contributed by atoms with van der Waals surface area (Å²) >= 11 is 4.04. The first-order valence-electron chi connectivity index (χ1n) is 7.60. The molecule has 0 saturated heterocycles. The minimum Gasteiger partial charge on any atom is -0.312 e. The first-order chi connectivity index (χ1) is 10.3. The molecule has 1 aliphatic heterocycles. The fourth-order valence-corrected chi connectivity index (χ4v) is 5.17. The number of fused-ring (bicyclic) bond motifs is 1. The highest BCUT2D eigenvalue weighted by Gasteiger charge is 2.19. The lowest BCUT2D eigenvalue weighted by Gasteiger charge is -2.14. The van der Waals surface area contributed by atoms with Crippen LogP contribution in [0.2, 0.25) is 0 Å². The average Bonchev–Trinajstić information content (AvgIpc) is 2.97. The molecule has 1 atom stereocenters. The van der Waals surface area contributed by atoms with Crippen LogP contribution in [0, 0.1) is 0 Å². The molecule has 3 rings (SSSR count). The van der Waals surface area contributed by atoms with Crippen LogP contribution < -0.4 is 5.32 Å². The zero-order chi connectivity index (χ0) is 14.7. The molecule has 2 nitrogen and oxygen atoms in total. The van der Waals surface area contributed by atoms with E-state index in [1.807, 2.05) is 17.5 Å². The molecule has 0 aliphatic carbocycles. The molecule has 0 saturated carbocycles. The van der Waals surface area contributed by atoms with Crippen molar-refractivity contribution in [2.24, 2.45) is 0 Å². The quantitative estimate of drug-likeness (QED) is 0.902. The lowest BCUT2D eigenvalue weighted by molar-refractivity contribution is 0.593. The van der Waals surface area contributed by atoms with Gasteiger partial charge in [-0.25, -0.2) is 0 Å². The maximum absolute atomic E-state index is 4.61. The number of rotatable bonds is 5. The molecular formula is C17H22N2S2. The molecule has 0 aromatic carbocycles. The summed E-state index contributed by atoms with van der Waals surface area (Å²) in [5.41, 5.74) is 4.04. The standard InChI is InChI=1S/C17H22N2S2/c1-3-12-4-5-14(19-10-12)9-15(18-2)17-8-13-11-20-7-6-16(13)21-17/h4-5,8,10,15,18H,3,6-7,9,11H2,1-2H3. The Morgan fingerprint density at radius 3 is 2.95 bits per heavy atom. The molecule has 0 spiro atoms. The molecule has 4 heteroatoms. The zero-order valence-corrected chi connectivity index (χ0v) is 14.3. The van der Waals surface area contributed by atoms with Crippen molar-refractivity contribution in [3.63, 3.8) is 0 Å². The van der Waals surface area contributed by atoms with Gasteiger partial charge >= 0.3 is 0 Å². The summed E-state index contributed by atoms with van der Waals surface area (Å²) in [7, 11) is 2.05. The Kier molecular flexibility index (Phi) is 4.99. The summed E-state index contributed by atoms with van der Waals surface area (Å²) in [6.45, 7) is 2.17. The van der Waals surface area contributed by atoms with Gasteiger partial charge in [-0.1, -0.05) is 13.0 Å². The summed E-state index contributed by atoms with van der Waals surface area (Å²) in [6.07, 6.45) is 5.27. The van der Waals surface area contributed by atoms with Crippen LogP contribution in [0.25, 0.3) is 0 Å². The van der Waals surface area contributed by atoms with Gasteiger partial charge in [0, 0.05) is 39.9 Å². The summed E-state index contributed by atoms with van der Waals surface area (Å²) in [5.74, 6) is 2.46. The number of hydrogen-bond donors (Lipinski definition) is 1. The van der Waals surface area contributed by atoms with Crippen molar-refractivity contribution in [3.8, 4) is 0 Å². The van der Waals surface area contributed by atoms with Crippen LogP contribution in [-0.2, 0) is 25.0 Å². The molecule has 0 radical (unpaired) electrons. The number of nitrogens with zero attached hydrogens (tertiary/aromatic N) is 1. The molecule has 0 amide bonds. The van der Waals surface area contributed by atoms with Crippen LogP contribution in [0.3, 0.4) is 0 Å². The Hall–Kier alpha value is -0.840. The Morgan fingerprint density at radius 2 is 2.29 bits per heavy atom. The van der Waals surface area contributed by atoms with E-state index in [1.165, 1.54) is 34.1 Å². The molecular weight excluding hydrogens is 296 g/mol. The van der Waals surface area contributed by atoms with Gasteiger partial charge in [0.15, 0.2) is 0 Å². The van der Waals surface area contributed by atoms with Gasteiger partial charge in [0.05, 0.1) is 0 Å². The van der Waals surface area contributed by atoms with E-state index >= 15 is 0 Å². The number of thioether (sulfide) groups is 1. The average molecular weight is 319 g/mol. The van der Waals surface area contributed by atoms with E-state index in [4.69, 9.17) is 0 Å². The van der Waals surface area contributed by atoms with Crippen molar-refractivity contribution in [1.29, 1.82) is 0 Å². The number of nitrogens with one attached hydrogen (secondary N) is 1. The monoisotopic (exact) mass is 318 g/mol. The topological polar surface area (TPSA) is 24.9 Å². The fraction of sp³-hybridized carbons (Fsp3) is 0.471. The number of aryl methyl sites for hydroxylation is 2. The van der Waals surface area contributed by atoms with Gasteiger partial charge < -0.3 is 5.32 Å². The predicted octanol–water partition coefficient (Wildman–Crippen LogP) is 4.00. The van der Waals surface area contributed by atoms with Crippen molar-refractivity contribution >= 4 is 23.1 Å². The largest absolute Gasteiger partial charge is 0.312 e. The first-order valence-corrected chi connectivity index (χ1v) is 9.57. The Balaban J connectivity index is 1.76. The minimum atomic E-state index is 0.380. The van der Waals surface area contributed by atoms with Gasteiger partial charge in [0.1, 0.15) is 0 Å². The zero-order valence-electron chi connectivity index (χ0n) is 12.7. The molecule has 0 fully saturated rings. The maximum atomic E-state index is 4.61. The lowest BCUT2D eigenvalue weighted by atomic mass is 10.1. The summed E-state index contributed by atoms with van der Waals surface area (Å²) < 4.78 is 0. The highest BCUT2D eigenvalue weighted by Crippen LogP contribution is 2.35. The molecule has 0 bridgehead atoms. The summed E-state index contributed by atoms with van der Waals surface area (Å²) in [5, 5.41) is 3.47. The Morgan fingerprint density at radius 1 is 1.38 bits per heavy atom. The highest BCUT2D eigenvalue weighted by molar-refractivity contribution is 7.98. The molecule has 3 heterocycles. The normalized spacial score (nSPS) is 15.7. The molecule has 1 N–H and O–H groups in total. The molecule has 1 aliphatic rings. The molecule has 1 unspecified atom stereocenters. The van der Waals surface area contributed by atoms with Gasteiger partial charge in [-0.3, -0.25) is 4.98 Å². The highest BCUT2D eigenvalue weighted by atomic mass is 32.2. The van der Waals surface area contributed by atoms with E-state index in [2.05, 4.69) is 54.2 Å².